The van der Waals surface area contributed by atoms with E-state index in [4.69, 9.17) is 26.8 Å². The van der Waals surface area contributed by atoms with Crippen LogP contribution in [0.3, 0.4) is 0 Å². The second-order valence-electron chi connectivity index (χ2n) is 9.52. The van der Waals surface area contributed by atoms with E-state index in [9.17, 15) is 9.36 Å². The average Bonchev–Trinajstić information content (AvgIpc) is 3.27. The lowest BCUT2D eigenvalue weighted by molar-refractivity contribution is -0.111. The molecular weight excluding hydrogens is 529 g/mol. The molecule has 4 N–H and O–H groups in total. The number of nitrogens with zero attached hydrogens (tertiary/aromatic N) is 4. The summed E-state index contributed by atoms with van der Waals surface area (Å²) in [6, 6.07) is 6.98. The van der Waals surface area contributed by atoms with Crippen LogP contribution >= 0.6 is 19.0 Å². The Labute approximate surface area is 229 Å². The van der Waals surface area contributed by atoms with Crippen molar-refractivity contribution in [3.63, 3.8) is 0 Å². The number of fused-ring (bicyclic) bond motifs is 1. The molecule has 38 heavy (non-hydrogen) atoms. The van der Waals surface area contributed by atoms with Crippen molar-refractivity contribution in [1.82, 2.24) is 29.7 Å². The van der Waals surface area contributed by atoms with E-state index in [1.165, 1.54) is 6.33 Å². The van der Waals surface area contributed by atoms with Crippen molar-refractivity contribution in [2.24, 2.45) is 0 Å². The number of methoxy groups -OCH3 is 1. The lowest BCUT2D eigenvalue weighted by Crippen LogP contribution is -2.43. The predicted octanol–water partition coefficient (Wildman–Crippen LogP) is 4.58. The summed E-state index contributed by atoms with van der Waals surface area (Å²) in [7, 11) is -1.64. The molecule has 2 aromatic heterocycles. The fraction of sp³-hybridized carbons (Fsp3) is 0.520. The van der Waals surface area contributed by atoms with E-state index in [0.29, 0.717) is 28.5 Å². The Balaban J connectivity index is 0.000000926. The zero-order valence-electron chi connectivity index (χ0n) is 22.8. The number of halogens is 1. The number of hydrogen-bond acceptors (Lipinski definition) is 8. The number of anilines is 1. The first-order valence-electron chi connectivity index (χ1n) is 12.3. The lowest BCUT2D eigenvalue weighted by atomic mass is 10.1. The van der Waals surface area contributed by atoms with Crippen LogP contribution in [0, 0.1) is 0 Å². The third-order valence-corrected chi connectivity index (χ3v) is 7.87. The Morgan fingerprint density at radius 1 is 1.21 bits per heavy atom. The van der Waals surface area contributed by atoms with Gasteiger partial charge in [-0.15, -0.1) is 0 Å². The van der Waals surface area contributed by atoms with E-state index in [1.54, 1.807) is 44.0 Å². The van der Waals surface area contributed by atoms with Gasteiger partial charge < -0.3 is 24.6 Å². The minimum Gasteiger partial charge on any atom is -0.385 e. The van der Waals surface area contributed by atoms with E-state index < -0.39 is 13.0 Å². The van der Waals surface area contributed by atoms with Gasteiger partial charge in [0.05, 0.1) is 24.5 Å². The smallest absolute Gasteiger partial charge is 0.237 e. The molecule has 0 saturated carbocycles. The molecule has 0 radical (unpaired) electrons. The van der Waals surface area contributed by atoms with Crippen molar-refractivity contribution >= 4 is 42.3 Å². The number of aldehydes is 1. The van der Waals surface area contributed by atoms with E-state index in [2.05, 4.69) is 32.1 Å². The molecule has 210 valence electrons. The van der Waals surface area contributed by atoms with Gasteiger partial charge in [-0.05, 0) is 51.8 Å². The summed E-state index contributed by atoms with van der Waals surface area (Å²) in [4.78, 5) is 23.9. The monoisotopic (exact) mass is 567 g/mol. The quantitative estimate of drug-likeness (QED) is 0.198. The molecule has 3 aromatic rings. The molecule has 1 aromatic carbocycles. The fourth-order valence-electron chi connectivity index (χ4n) is 3.53. The third kappa shape index (κ3) is 9.72. The number of imidazole rings is 1. The highest BCUT2D eigenvalue weighted by molar-refractivity contribution is 7.59. The molecule has 0 aliphatic carbocycles. The maximum Gasteiger partial charge on any atom is 0.237 e. The van der Waals surface area contributed by atoms with Gasteiger partial charge in [0.2, 0.25) is 7.44 Å². The summed E-state index contributed by atoms with van der Waals surface area (Å²) in [5.41, 5.74) is 6.85. The van der Waals surface area contributed by atoms with Gasteiger partial charge in [0, 0.05) is 24.8 Å². The summed E-state index contributed by atoms with van der Waals surface area (Å²) in [5, 5.41) is 6.70. The van der Waals surface area contributed by atoms with Crippen LogP contribution in [-0.2, 0) is 25.4 Å². The molecule has 2 heterocycles. The normalized spacial score (nSPS) is 14.8. The molecule has 0 aliphatic rings. The number of nitrogen functional groups attached to an aromatic ring is 1. The minimum absolute atomic E-state index is 0.132. The van der Waals surface area contributed by atoms with Crippen molar-refractivity contribution in [1.29, 1.82) is 0 Å². The Morgan fingerprint density at radius 3 is 2.47 bits per heavy atom. The maximum atomic E-state index is 13.8. The highest BCUT2D eigenvalue weighted by atomic mass is 35.5. The number of carbonyl (C=O) groups is 1. The average molecular weight is 568 g/mol. The Hall–Kier alpha value is -2.40. The van der Waals surface area contributed by atoms with Gasteiger partial charge in [0.1, 0.15) is 24.5 Å². The summed E-state index contributed by atoms with van der Waals surface area (Å²) < 4.78 is 26.3. The number of nitrogens with one attached hydrogen (secondary N) is 2. The first kappa shape index (κ1) is 31.8. The molecule has 0 spiro atoms. The maximum absolute atomic E-state index is 13.8. The summed E-state index contributed by atoms with van der Waals surface area (Å²) in [5.74, 6) is 0.303. The zero-order chi connectivity index (χ0) is 28.3. The van der Waals surface area contributed by atoms with Crippen LogP contribution in [0.25, 0.3) is 11.2 Å². The number of hydrogen-bond donors (Lipinski definition) is 3. The van der Waals surface area contributed by atoms with Crippen LogP contribution in [0.5, 0.6) is 0 Å². The van der Waals surface area contributed by atoms with Gasteiger partial charge in [0.15, 0.2) is 11.5 Å². The molecule has 3 atom stereocenters. The van der Waals surface area contributed by atoms with Crippen molar-refractivity contribution in [2.45, 2.75) is 65.3 Å². The fourth-order valence-corrected chi connectivity index (χ4v) is 6.08. The number of benzene rings is 1. The molecule has 0 saturated heterocycles. The second-order valence-corrected chi connectivity index (χ2v) is 12.2. The highest BCUT2D eigenvalue weighted by Gasteiger charge is 2.32. The number of carbonyl (C=O) groups excluding carboxylic acids is 1. The molecule has 3 unspecified atom stereocenters. The van der Waals surface area contributed by atoms with Gasteiger partial charge in [-0.1, -0.05) is 30.7 Å². The molecular formula is C25H39ClN7O4P. The Kier molecular flexibility index (Phi) is 12.3. The molecule has 11 nitrogen and oxygen atoms in total. The standard InChI is InChI=1S/C21H29ClN7O3P.C4H10O/c1-14(9-29-12-26-18-19(23)24-11-25-20(18)29)32-13-33(31,28-21(3,4)10-30)27-15(2)16-5-7-17(22)8-6-16;1-3-4-5-2/h5-8,10-12,14-15H,9,13H2,1-4H3,(H2,23,24,25)(H2,27,28,31);3-4H2,1-2H3. The van der Waals surface area contributed by atoms with Crippen LogP contribution in [-0.4, -0.2) is 57.5 Å². The van der Waals surface area contributed by atoms with Gasteiger partial charge in [-0.2, -0.15) is 0 Å². The van der Waals surface area contributed by atoms with E-state index in [-0.39, 0.29) is 18.5 Å². The number of nitrogens with two attached hydrogens (primary N) is 1. The summed E-state index contributed by atoms with van der Waals surface area (Å²) in [6.07, 6.45) is 4.37. The number of rotatable bonds is 13. The van der Waals surface area contributed by atoms with E-state index in [0.717, 1.165) is 24.9 Å². The van der Waals surface area contributed by atoms with Crippen LogP contribution in [0.15, 0.2) is 36.9 Å². The van der Waals surface area contributed by atoms with E-state index in [1.807, 2.05) is 26.0 Å². The van der Waals surface area contributed by atoms with Crippen molar-refractivity contribution in [3.05, 3.63) is 47.5 Å². The minimum atomic E-state index is -3.35. The molecule has 13 heteroatoms. The van der Waals surface area contributed by atoms with Crippen LogP contribution in [0.1, 0.15) is 52.6 Å². The lowest BCUT2D eigenvalue weighted by Gasteiger charge is -2.31. The van der Waals surface area contributed by atoms with Crippen molar-refractivity contribution < 1.29 is 18.8 Å². The SMILES string of the molecule is CC(Cn1cnc2c(N)ncnc21)OCP(=O)(NC(C)c1ccc(Cl)cc1)NC(C)(C)C=O.CCCOC. The zero-order valence-corrected chi connectivity index (χ0v) is 24.5. The second kappa shape index (κ2) is 14.7. The largest absolute Gasteiger partial charge is 0.385 e. The Morgan fingerprint density at radius 2 is 1.89 bits per heavy atom. The van der Waals surface area contributed by atoms with Crippen molar-refractivity contribution in [2.75, 3.05) is 25.8 Å². The van der Waals surface area contributed by atoms with E-state index >= 15 is 0 Å². The first-order chi connectivity index (χ1) is 17.9. The molecule has 0 bridgehead atoms. The number of aromatic nitrogens is 4. The molecule has 0 amide bonds. The first-order valence-corrected chi connectivity index (χ1v) is 14.6. The predicted molar refractivity (Wildman–Crippen MR) is 151 cm³/mol. The van der Waals surface area contributed by atoms with Crippen LogP contribution in [0.4, 0.5) is 5.82 Å². The van der Waals surface area contributed by atoms with Gasteiger partial charge in [-0.3, -0.25) is 4.57 Å². The summed E-state index contributed by atoms with van der Waals surface area (Å²) >= 11 is 5.98. The topological polar surface area (TPSA) is 146 Å². The van der Waals surface area contributed by atoms with Crippen LogP contribution in [0.2, 0.25) is 5.02 Å². The Bertz CT molecular complexity index is 1200. The molecule has 0 fully saturated rings. The molecule has 0 aliphatic heterocycles. The van der Waals surface area contributed by atoms with Crippen molar-refractivity contribution in [3.8, 4) is 0 Å². The summed E-state index contributed by atoms with van der Waals surface area (Å²) in [6.45, 7) is 10.4. The van der Waals surface area contributed by atoms with Gasteiger partial charge >= 0.3 is 0 Å². The van der Waals surface area contributed by atoms with Gasteiger partial charge in [0.25, 0.3) is 0 Å². The van der Waals surface area contributed by atoms with Crippen LogP contribution < -0.4 is 15.9 Å². The number of ether oxygens (including phenoxy) is 2. The molecule has 3 rings (SSSR count). The van der Waals surface area contributed by atoms with Gasteiger partial charge in [-0.25, -0.2) is 25.1 Å². The third-order valence-electron chi connectivity index (χ3n) is 5.37. The highest BCUT2D eigenvalue weighted by Crippen LogP contribution is 2.42.